The van der Waals surface area contributed by atoms with Gasteiger partial charge < -0.3 is 5.11 Å². The van der Waals surface area contributed by atoms with Gasteiger partial charge in [0.1, 0.15) is 0 Å². The van der Waals surface area contributed by atoms with Crippen molar-refractivity contribution in [1.82, 2.24) is 4.90 Å². The van der Waals surface area contributed by atoms with Gasteiger partial charge in [0.15, 0.2) is 0 Å². The van der Waals surface area contributed by atoms with E-state index in [2.05, 4.69) is 60.4 Å². The summed E-state index contributed by atoms with van der Waals surface area (Å²) < 4.78 is 0. The molecule has 0 spiro atoms. The van der Waals surface area contributed by atoms with Crippen molar-refractivity contribution in [3.8, 4) is 0 Å². The van der Waals surface area contributed by atoms with Crippen molar-refractivity contribution >= 4 is 0 Å². The van der Waals surface area contributed by atoms with Gasteiger partial charge in [-0.2, -0.15) is 0 Å². The highest BCUT2D eigenvalue weighted by Gasteiger charge is 2.38. The fourth-order valence-corrected chi connectivity index (χ4v) is 3.21. The maximum absolute atomic E-state index is 10.2. The summed E-state index contributed by atoms with van der Waals surface area (Å²) in [4.78, 5) is 2.39. The van der Waals surface area contributed by atoms with Crippen molar-refractivity contribution in [2.45, 2.75) is 25.6 Å². The molecular weight excluding hydrogens is 246 g/mol. The Labute approximate surface area is 120 Å². The Morgan fingerprint density at radius 1 is 1.00 bits per heavy atom. The molecule has 1 unspecified atom stereocenters. The first-order valence-corrected chi connectivity index (χ1v) is 7.26. The average Bonchev–Trinajstić information content (AvgIpc) is 2.76. The SMILES string of the molecule is C[C@@H]1C(c2ccccc2)N(Cc2ccccc2)C[C@@H]1O. The third kappa shape index (κ3) is 2.62. The van der Waals surface area contributed by atoms with Gasteiger partial charge in [-0.3, -0.25) is 4.90 Å². The maximum atomic E-state index is 10.2. The minimum Gasteiger partial charge on any atom is -0.391 e. The molecule has 104 valence electrons. The Hall–Kier alpha value is -1.64. The van der Waals surface area contributed by atoms with Gasteiger partial charge >= 0.3 is 0 Å². The van der Waals surface area contributed by atoms with Crippen LogP contribution in [-0.4, -0.2) is 22.7 Å². The summed E-state index contributed by atoms with van der Waals surface area (Å²) in [6, 6.07) is 21.3. The van der Waals surface area contributed by atoms with Crippen LogP contribution in [0.5, 0.6) is 0 Å². The number of rotatable bonds is 3. The van der Waals surface area contributed by atoms with Gasteiger partial charge in [-0.1, -0.05) is 67.6 Å². The van der Waals surface area contributed by atoms with E-state index in [0.29, 0.717) is 6.04 Å². The summed E-state index contributed by atoms with van der Waals surface area (Å²) in [6.07, 6.45) is -0.246. The van der Waals surface area contributed by atoms with Crippen LogP contribution in [0.25, 0.3) is 0 Å². The van der Waals surface area contributed by atoms with Gasteiger partial charge in [-0.25, -0.2) is 0 Å². The third-order valence-corrected chi connectivity index (χ3v) is 4.29. The fraction of sp³-hybridized carbons (Fsp3) is 0.333. The second-order valence-electron chi connectivity index (χ2n) is 5.70. The lowest BCUT2D eigenvalue weighted by Crippen LogP contribution is -2.24. The Bertz CT molecular complexity index is 540. The van der Waals surface area contributed by atoms with Crippen LogP contribution in [-0.2, 0) is 6.54 Å². The first-order valence-electron chi connectivity index (χ1n) is 7.26. The average molecular weight is 267 g/mol. The lowest BCUT2D eigenvalue weighted by molar-refractivity contribution is 0.146. The standard InChI is InChI=1S/C18H21NO/c1-14-17(20)13-19(12-15-8-4-2-5-9-15)18(14)16-10-6-3-7-11-16/h2-11,14,17-18,20H,12-13H2,1H3/t14-,17-,18?/m0/s1. The van der Waals surface area contributed by atoms with Crippen molar-refractivity contribution in [3.05, 3.63) is 71.8 Å². The number of nitrogens with zero attached hydrogens (tertiary/aromatic N) is 1. The van der Waals surface area contributed by atoms with Crippen LogP contribution in [0.2, 0.25) is 0 Å². The number of hydrogen-bond acceptors (Lipinski definition) is 2. The Kier molecular flexibility index (Phi) is 3.86. The minimum atomic E-state index is -0.246. The predicted molar refractivity (Wildman–Crippen MR) is 81.2 cm³/mol. The van der Waals surface area contributed by atoms with Crippen LogP contribution >= 0.6 is 0 Å². The van der Waals surface area contributed by atoms with E-state index in [9.17, 15) is 5.11 Å². The monoisotopic (exact) mass is 267 g/mol. The second-order valence-corrected chi connectivity index (χ2v) is 5.70. The molecule has 2 heteroatoms. The summed E-state index contributed by atoms with van der Waals surface area (Å²) in [7, 11) is 0. The van der Waals surface area contributed by atoms with Crippen molar-refractivity contribution in [1.29, 1.82) is 0 Å². The molecule has 1 N–H and O–H groups in total. The molecule has 1 fully saturated rings. The number of aliphatic hydroxyl groups excluding tert-OH is 1. The minimum absolute atomic E-state index is 0.246. The molecule has 0 bridgehead atoms. The molecule has 0 aromatic heterocycles. The molecule has 2 aromatic carbocycles. The molecule has 0 amide bonds. The summed E-state index contributed by atoms with van der Waals surface area (Å²) in [6.45, 7) is 3.78. The zero-order valence-electron chi connectivity index (χ0n) is 11.8. The molecule has 20 heavy (non-hydrogen) atoms. The van der Waals surface area contributed by atoms with E-state index < -0.39 is 0 Å². The summed E-state index contributed by atoms with van der Waals surface area (Å²) in [5.74, 6) is 0.265. The summed E-state index contributed by atoms with van der Waals surface area (Å²) in [5.41, 5.74) is 2.60. The summed E-state index contributed by atoms with van der Waals surface area (Å²) in [5, 5.41) is 10.2. The van der Waals surface area contributed by atoms with Crippen LogP contribution < -0.4 is 0 Å². The fourth-order valence-electron chi connectivity index (χ4n) is 3.21. The van der Waals surface area contributed by atoms with Gasteiger partial charge in [0, 0.05) is 25.0 Å². The van der Waals surface area contributed by atoms with Crippen LogP contribution in [0.4, 0.5) is 0 Å². The number of likely N-dealkylation sites (tertiary alicyclic amines) is 1. The van der Waals surface area contributed by atoms with Gasteiger partial charge in [-0.15, -0.1) is 0 Å². The topological polar surface area (TPSA) is 23.5 Å². The van der Waals surface area contributed by atoms with E-state index in [1.807, 2.05) is 12.1 Å². The molecule has 0 saturated carbocycles. The molecule has 3 rings (SSSR count). The predicted octanol–water partition coefficient (Wildman–Crippen LogP) is 3.24. The first-order chi connectivity index (χ1) is 9.75. The molecular formula is C18H21NO. The Morgan fingerprint density at radius 2 is 1.60 bits per heavy atom. The quantitative estimate of drug-likeness (QED) is 0.923. The Morgan fingerprint density at radius 3 is 2.25 bits per heavy atom. The van der Waals surface area contributed by atoms with Crippen molar-refractivity contribution in [3.63, 3.8) is 0 Å². The van der Waals surface area contributed by atoms with Gasteiger partial charge in [0.2, 0.25) is 0 Å². The molecule has 2 aromatic rings. The molecule has 3 atom stereocenters. The highest BCUT2D eigenvalue weighted by atomic mass is 16.3. The number of benzene rings is 2. The number of hydrogen-bond donors (Lipinski definition) is 1. The molecule has 2 nitrogen and oxygen atoms in total. The summed E-state index contributed by atoms with van der Waals surface area (Å²) >= 11 is 0. The zero-order valence-corrected chi connectivity index (χ0v) is 11.8. The smallest absolute Gasteiger partial charge is 0.0711 e. The maximum Gasteiger partial charge on any atom is 0.0711 e. The third-order valence-electron chi connectivity index (χ3n) is 4.29. The highest BCUT2D eigenvalue weighted by Crippen LogP contribution is 2.37. The lowest BCUT2D eigenvalue weighted by Gasteiger charge is -2.27. The first kappa shape index (κ1) is 13.3. The molecule has 1 aliphatic rings. The van der Waals surface area contributed by atoms with Gasteiger partial charge in [0.05, 0.1) is 6.10 Å². The number of aliphatic hydroxyl groups is 1. The largest absolute Gasteiger partial charge is 0.391 e. The van der Waals surface area contributed by atoms with Crippen molar-refractivity contribution in [2.24, 2.45) is 5.92 Å². The van der Waals surface area contributed by atoms with E-state index in [-0.39, 0.29) is 12.0 Å². The van der Waals surface area contributed by atoms with Gasteiger partial charge in [-0.05, 0) is 11.1 Å². The normalized spacial score (nSPS) is 26.8. The van der Waals surface area contributed by atoms with E-state index in [4.69, 9.17) is 0 Å². The van der Waals surface area contributed by atoms with E-state index in [1.165, 1.54) is 11.1 Å². The molecule has 0 aliphatic carbocycles. The van der Waals surface area contributed by atoms with Gasteiger partial charge in [0.25, 0.3) is 0 Å². The van der Waals surface area contributed by atoms with Crippen molar-refractivity contribution in [2.75, 3.05) is 6.54 Å². The van der Waals surface area contributed by atoms with Crippen LogP contribution in [0, 0.1) is 5.92 Å². The van der Waals surface area contributed by atoms with Crippen LogP contribution in [0.1, 0.15) is 24.1 Å². The van der Waals surface area contributed by atoms with E-state index >= 15 is 0 Å². The molecule has 1 saturated heterocycles. The Balaban J connectivity index is 1.85. The number of β-amino-alcohol motifs (C(OH)–C–C–N with tert-alkyl or cyclic N) is 1. The highest BCUT2D eigenvalue weighted by molar-refractivity contribution is 5.23. The van der Waals surface area contributed by atoms with E-state index in [1.54, 1.807) is 0 Å². The van der Waals surface area contributed by atoms with Crippen LogP contribution in [0.15, 0.2) is 60.7 Å². The van der Waals surface area contributed by atoms with Crippen LogP contribution in [0.3, 0.4) is 0 Å². The lowest BCUT2D eigenvalue weighted by atomic mass is 9.94. The molecule has 1 aliphatic heterocycles. The van der Waals surface area contributed by atoms with Crippen molar-refractivity contribution < 1.29 is 5.11 Å². The van der Waals surface area contributed by atoms with E-state index in [0.717, 1.165) is 13.1 Å². The second kappa shape index (κ2) is 5.78. The molecule has 0 radical (unpaired) electrons. The molecule has 1 heterocycles. The zero-order chi connectivity index (χ0) is 13.9.